The van der Waals surface area contributed by atoms with Crippen LogP contribution in [0.5, 0.6) is 0 Å². The van der Waals surface area contributed by atoms with Crippen molar-refractivity contribution in [3.63, 3.8) is 0 Å². The second kappa shape index (κ2) is 8.75. The molecule has 0 amide bonds. The van der Waals surface area contributed by atoms with Gasteiger partial charge in [-0.15, -0.1) is 0 Å². The molecule has 1 aromatic carbocycles. The average molecular weight is 342 g/mol. The molecule has 1 fully saturated rings. The first-order valence-corrected chi connectivity index (χ1v) is 9.52. The van der Waals surface area contributed by atoms with E-state index in [9.17, 15) is 8.42 Å². The van der Waals surface area contributed by atoms with Crippen molar-refractivity contribution < 1.29 is 17.9 Å². The maximum atomic E-state index is 12.0. The van der Waals surface area contributed by atoms with Crippen LogP contribution in [0.2, 0.25) is 0 Å². The highest BCUT2D eigenvalue weighted by atomic mass is 32.2. The zero-order valence-electron chi connectivity index (χ0n) is 13.8. The van der Waals surface area contributed by atoms with Crippen molar-refractivity contribution in [3.8, 4) is 0 Å². The molecule has 6 nitrogen and oxygen atoms in total. The first-order chi connectivity index (χ1) is 11.0. The molecule has 1 atom stereocenters. The van der Waals surface area contributed by atoms with Crippen LogP contribution >= 0.6 is 0 Å². The number of aryl methyl sites for hydroxylation is 1. The Bertz CT molecular complexity index is 585. The summed E-state index contributed by atoms with van der Waals surface area (Å²) in [5, 5.41) is 0. The first kappa shape index (κ1) is 18.4. The molecule has 0 aliphatic carbocycles. The van der Waals surface area contributed by atoms with Gasteiger partial charge in [-0.25, -0.2) is 13.1 Å². The van der Waals surface area contributed by atoms with Crippen LogP contribution < -0.4 is 4.72 Å². The van der Waals surface area contributed by atoms with Crippen LogP contribution in [-0.4, -0.2) is 65.6 Å². The minimum atomic E-state index is -3.33. The van der Waals surface area contributed by atoms with E-state index in [4.69, 9.17) is 9.47 Å². The molecule has 1 aliphatic heterocycles. The van der Waals surface area contributed by atoms with Gasteiger partial charge in [-0.05, 0) is 12.5 Å². The average Bonchev–Trinajstić information content (AvgIpc) is 2.54. The smallest absolute Gasteiger partial charge is 0.213 e. The Hall–Kier alpha value is -0.990. The third kappa shape index (κ3) is 5.86. The van der Waals surface area contributed by atoms with Gasteiger partial charge in [-0.3, -0.25) is 4.90 Å². The Morgan fingerprint density at radius 1 is 1.35 bits per heavy atom. The molecule has 0 bridgehead atoms. The molecule has 7 heteroatoms. The molecule has 1 aliphatic rings. The van der Waals surface area contributed by atoms with Gasteiger partial charge in [0.25, 0.3) is 0 Å². The summed E-state index contributed by atoms with van der Waals surface area (Å²) < 4.78 is 37.1. The number of nitrogens with one attached hydrogen (secondary N) is 1. The maximum Gasteiger partial charge on any atom is 0.213 e. The molecule has 130 valence electrons. The van der Waals surface area contributed by atoms with Gasteiger partial charge < -0.3 is 9.47 Å². The number of ether oxygens (including phenoxy) is 2. The molecule has 0 spiro atoms. The third-order valence-corrected chi connectivity index (χ3v) is 5.28. The van der Waals surface area contributed by atoms with Crippen LogP contribution in [0.1, 0.15) is 17.2 Å². The number of benzene rings is 1. The lowest BCUT2D eigenvalue weighted by molar-refractivity contribution is 0.0172. The normalized spacial score (nSPS) is 18.0. The third-order valence-electron chi connectivity index (χ3n) is 3.97. The lowest BCUT2D eigenvalue weighted by atomic mass is 10.0. The van der Waals surface area contributed by atoms with E-state index in [0.29, 0.717) is 19.8 Å². The first-order valence-electron chi connectivity index (χ1n) is 7.86. The second-order valence-corrected chi connectivity index (χ2v) is 7.66. The number of methoxy groups -OCH3 is 1. The quantitative estimate of drug-likeness (QED) is 0.761. The number of nitrogens with zero attached hydrogens (tertiary/aromatic N) is 1. The number of rotatable bonds is 8. The van der Waals surface area contributed by atoms with Crippen LogP contribution in [-0.2, 0) is 19.5 Å². The zero-order chi connectivity index (χ0) is 16.7. The number of morpholine rings is 1. The molecular formula is C16H26N2O4S. The van der Waals surface area contributed by atoms with Crippen LogP contribution in [0.3, 0.4) is 0 Å². The van der Waals surface area contributed by atoms with Crippen molar-refractivity contribution in [2.45, 2.75) is 13.0 Å². The molecule has 1 unspecified atom stereocenters. The highest BCUT2D eigenvalue weighted by Gasteiger charge is 2.24. The van der Waals surface area contributed by atoms with Gasteiger partial charge in [0.2, 0.25) is 10.0 Å². The standard InChI is InChI=1S/C16H26N2O4S/c1-14-4-3-5-15(12-14)16(18-6-8-22-9-7-18)13-17-23(19,20)11-10-21-2/h3-5,12,16-17H,6-11,13H2,1-2H3. The Kier molecular flexibility index (Phi) is 6.98. The van der Waals surface area contributed by atoms with E-state index in [1.54, 1.807) is 0 Å². The van der Waals surface area contributed by atoms with Crippen molar-refractivity contribution >= 4 is 10.0 Å². The van der Waals surface area contributed by atoms with Crippen molar-refractivity contribution in [2.75, 3.05) is 52.3 Å². The fourth-order valence-corrected chi connectivity index (χ4v) is 3.64. The summed E-state index contributed by atoms with van der Waals surface area (Å²) in [6, 6.07) is 8.23. The number of hydrogen-bond acceptors (Lipinski definition) is 5. The molecule has 1 aromatic rings. The van der Waals surface area contributed by atoms with E-state index in [-0.39, 0.29) is 18.4 Å². The topological polar surface area (TPSA) is 67.9 Å². The summed E-state index contributed by atoms with van der Waals surface area (Å²) >= 11 is 0. The van der Waals surface area contributed by atoms with Gasteiger partial charge in [0.15, 0.2) is 0 Å². The van der Waals surface area contributed by atoms with Crippen LogP contribution in [0.25, 0.3) is 0 Å². The Morgan fingerprint density at radius 2 is 2.09 bits per heavy atom. The monoisotopic (exact) mass is 342 g/mol. The van der Waals surface area contributed by atoms with E-state index in [2.05, 4.69) is 21.8 Å². The minimum absolute atomic E-state index is 0.0103. The predicted molar refractivity (Wildman–Crippen MR) is 90.0 cm³/mol. The van der Waals surface area contributed by atoms with E-state index < -0.39 is 10.0 Å². The maximum absolute atomic E-state index is 12.0. The van der Waals surface area contributed by atoms with Gasteiger partial charge in [0.1, 0.15) is 0 Å². The lowest BCUT2D eigenvalue weighted by Gasteiger charge is -2.35. The van der Waals surface area contributed by atoms with Gasteiger partial charge >= 0.3 is 0 Å². The van der Waals surface area contributed by atoms with Crippen molar-refractivity contribution in [2.24, 2.45) is 0 Å². The van der Waals surface area contributed by atoms with Gasteiger partial charge in [0, 0.05) is 32.8 Å². The molecule has 2 rings (SSSR count). The van der Waals surface area contributed by atoms with Crippen LogP contribution in [0.15, 0.2) is 24.3 Å². The molecule has 0 aromatic heterocycles. The molecular weight excluding hydrogens is 316 g/mol. The van der Waals surface area contributed by atoms with Crippen molar-refractivity contribution in [1.82, 2.24) is 9.62 Å². The summed E-state index contributed by atoms with van der Waals surface area (Å²) in [4.78, 5) is 2.27. The van der Waals surface area contributed by atoms with E-state index in [1.165, 1.54) is 12.7 Å². The van der Waals surface area contributed by atoms with Crippen molar-refractivity contribution in [3.05, 3.63) is 35.4 Å². The zero-order valence-corrected chi connectivity index (χ0v) is 14.6. The van der Waals surface area contributed by atoms with Gasteiger partial charge in [-0.2, -0.15) is 0 Å². The van der Waals surface area contributed by atoms with E-state index in [0.717, 1.165) is 18.7 Å². The summed E-state index contributed by atoms with van der Waals surface area (Å²) in [6.07, 6.45) is 0. The van der Waals surface area contributed by atoms with Crippen LogP contribution in [0.4, 0.5) is 0 Å². The fraction of sp³-hybridized carbons (Fsp3) is 0.625. The lowest BCUT2D eigenvalue weighted by Crippen LogP contribution is -2.44. The predicted octanol–water partition coefficient (Wildman–Crippen LogP) is 0.934. The van der Waals surface area contributed by atoms with Gasteiger partial charge in [0.05, 0.1) is 25.6 Å². The Balaban J connectivity index is 2.10. The molecule has 1 heterocycles. The molecule has 1 N–H and O–H groups in total. The number of hydrogen-bond donors (Lipinski definition) is 1. The van der Waals surface area contributed by atoms with E-state index >= 15 is 0 Å². The Morgan fingerprint density at radius 3 is 2.74 bits per heavy atom. The highest BCUT2D eigenvalue weighted by molar-refractivity contribution is 7.89. The fourth-order valence-electron chi connectivity index (χ4n) is 2.70. The largest absolute Gasteiger partial charge is 0.384 e. The molecule has 1 saturated heterocycles. The van der Waals surface area contributed by atoms with Gasteiger partial charge in [-0.1, -0.05) is 29.8 Å². The molecule has 23 heavy (non-hydrogen) atoms. The summed E-state index contributed by atoms with van der Waals surface area (Å²) in [5.74, 6) is -0.0207. The minimum Gasteiger partial charge on any atom is -0.384 e. The number of sulfonamides is 1. The highest BCUT2D eigenvalue weighted by Crippen LogP contribution is 2.22. The van der Waals surface area contributed by atoms with Crippen LogP contribution in [0, 0.1) is 6.92 Å². The Labute approximate surface area is 138 Å². The SMILES string of the molecule is COCCS(=O)(=O)NCC(c1cccc(C)c1)N1CCOCC1. The molecule has 0 radical (unpaired) electrons. The molecule has 0 saturated carbocycles. The summed E-state index contributed by atoms with van der Waals surface area (Å²) in [5.41, 5.74) is 2.30. The summed E-state index contributed by atoms with van der Waals surface area (Å²) in [7, 11) is -1.83. The van der Waals surface area contributed by atoms with E-state index in [1.807, 2.05) is 19.1 Å². The summed E-state index contributed by atoms with van der Waals surface area (Å²) in [6.45, 7) is 5.56. The second-order valence-electron chi connectivity index (χ2n) is 5.74. The van der Waals surface area contributed by atoms with Crippen molar-refractivity contribution in [1.29, 1.82) is 0 Å².